The molecule has 1 aromatic heterocycles. The highest BCUT2D eigenvalue weighted by atomic mass is 32.1. The minimum Gasteiger partial charge on any atom is -0.145 e. The molecule has 1 heterocycles. The van der Waals surface area contributed by atoms with E-state index in [0.717, 1.165) is 12.8 Å². The van der Waals surface area contributed by atoms with Gasteiger partial charge in [-0.2, -0.15) is 0 Å². The summed E-state index contributed by atoms with van der Waals surface area (Å²) in [5.41, 5.74) is 0. The Morgan fingerprint density at radius 2 is 2.21 bits per heavy atom. The number of terminal acetylenes is 1. The lowest BCUT2D eigenvalue weighted by Gasteiger charge is -2.10. The summed E-state index contributed by atoms with van der Waals surface area (Å²) in [5.74, 6) is 3.38. The minimum atomic E-state index is 0.593. The van der Waals surface area contributed by atoms with Gasteiger partial charge in [0.1, 0.15) is 0 Å². The maximum Gasteiger partial charge on any atom is 0.0163 e. The normalized spacial score (nSPS) is 12.4. The molecule has 0 bridgehead atoms. The fourth-order valence-corrected chi connectivity index (χ4v) is 2.73. The molecule has 1 heteroatoms. The van der Waals surface area contributed by atoms with E-state index in [4.69, 9.17) is 6.42 Å². The van der Waals surface area contributed by atoms with Gasteiger partial charge in [-0.25, -0.2) is 0 Å². The van der Waals surface area contributed by atoms with Crippen molar-refractivity contribution < 1.29 is 0 Å². The van der Waals surface area contributed by atoms with E-state index >= 15 is 0 Å². The van der Waals surface area contributed by atoms with Crippen LogP contribution in [0.25, 0.3) is 0 Å². The van der Waals surface area contributed by atoms with Gasteiger partial charge < -0.3 is 0 Å². The Morgan fingerprint density at radius 3 is 2.71 bits per heavy atom. The van der Waals surface area contributed by atoms with Crippen LogP contribution in [0.1, 0.15) is 48.8 Å². The quantitative estimate of drug-likeness (QED) is 0.633. The predicted molar refractivity (Wildman–Crippen MR) is 64.8 cm³/mol. The Kier molecular flexibility index (Phi) is 4.76. The van der Waals surface area contributed by atoms with E-state index in [1.807, 2.05) is 11.3 Å². The SMILES string of the molecule is C#CCC(CCC)c1ccc(CC)s1. The summed E-state index contributed by atoms with van der Waals surface area (Å²) in [7, 11) is 0. The molecule has 1 rings (SSSR count). The topological polar surface area (TPSA) is 0 Å². The Morgan fingerprint density at radius 1 is 1.43 bits per heavy atom. The molecule has 76 valence electrons. The largest absolute Gasteiger partial charge is 0.145 e. The van der Waals surface area contributed by atoms with Crippen molar-refractivity contribution in [3.8, 4) is 12.3 Å². The second-order valence-electron chi connectivity index (χ2n) is 3.55. The van der Waals surface area contributed by atoms with E-state index in [1.165, 1.54) is 22.6 Å². The van der Waals surface area contributed by atoms with Gasteiger partial charge in [0.05, 0.1) is 0 Å². The van der Waals surface area contributed by atoms with Crippen LogP contribution in [0.15, 0.2) is 12.1 Å². The second kappa shape index (κ2) is 5.88. The summed E-state index contributed by atoms with van der Waals surface area (Å²) in [6.45, 7) is 4.42. The molecule has 1 aromatic rings. The molecule has 1 unspecified atom stereocenters. The number of hydrogen-bond donors (Lipinski definition) is 0. The molecular weight excluding hydrogens is 188 g/mol. The average molecular weight is 206 g/mol. The van der Waals surface area contributed by atoms with E-state index in [9.17, 15) is 0 Å². The van der Waals surface area contributed by atoms with Crippen LogP contribution in [0.3, 0.4) is 0 Å². The number of hydrogen-bond acceptors (Lipinski definition) is 1. The highest BCUT2D eigenvalue weighted by Crippen LogP contribution is 2.30. The highest BCUT2D eigenvalue weighted by molar-refractivity contribution is 7.12. The molecule has 0 N–H and O–H groups in total. The average Bonchev–Trinajstić information content (AvgIpc) is 2.65. The summed E-state index contributed by atoms with van der Waals surface area (Å²) in [5, 5.41) is 0. The molecule has 0 radical (unpaired) electrons. The maximum absolute atomic E-state index is 5.39. The molecule has 0 fully saturated rings. The third-order valence-corrected chi connectivity index (χ3v) is 3.83. The van der Waals surface area contributed by atoms with E-state index in [2.05, 4.69) is 31.9 Å². The summed E-state index contributed by atoms with van der Waals surface area (Å²) >= 11 is 1.93. The molecule has 0 aliphatic rings. The van der Waals surface area contributed by atoms with Crippen LogP contribution in [-0.2, 0) is 6.42 Å². The van der Waals surface area contributed by atoms with Gasteiger partial charge in [0, 0.05) is 22.1 Å². The smallest absolute Gasteiger partial charge is 0.0163 e. The molecule has 0 aromatic carbocycles. The minimum absolute atomic E-state index is 0.593. The predicted octanol–water partition coefficient (Wildman–Crippen LogP) is 4.22. The summed E-state index contributed by atoms with van der Waals surface area (Å²) in [6.07, 6.45) is 9.85. The monoisotopic (exact) mass is 206 g/mol. The second-order valence-corrected chi connectivity index (χ2v) is 4.75. The van der Waals surface area contributed by atoms with E-state index in [0.29, 0.717) is 5.92 Å². The van der Waals surface area contributed by atoms with Crippen molar-refractivity contribution >= 4 is 11.3 Å². The maximum atomic E-state index is 5.39. The number of thiophene rings is 1. The summed E-state index contributed by atoms with van der Waals surface area (Å²) in [6, 6.07) is 4.49. The molecule has 14 heavy (non-hydrogen) atoms. The van der Waals surface area contributed by atoms with E-state index < -0.39 is 0 Å². The van der Waals surface area contributed by atoms with Gasteiger partial charge in [0.25, 0.3) is 0 Å². The lowest BCUT2D eigenvalue weighted by Crippen LogP contribution is -1.93. The van der Waals surface area contributed by atoms with Gasteiger partial charge in [0.2, 0.25) is 0 Å². The summed E-state index contributed by atoms with van der Waals surface area (Å²) < 4.78 is 0. The van der Waals surface area contributed by atoms with Crippen molar-refractivity contribution in [3.63, 3.8) is 0 Å². The van der Waals surface area contributed by atoms with Crippen molar-refractivity contribution in [2.24, 2.45) is 0 Å². The first-order valence-corrected chi connectivity index (χ1v) is 6.15. The zero-order chi connectivity index (χ0) is 10.4. The standard InChI is InChI=1S/C13H18S/c1-4-7-11(8-5-2)13-10-9-12(6-3)14-13/h1,9-11H,5-8H2,2-3H3. The van der Waals surface area contributed by atoms with Gasteiger partial charge in [-0.3, -0.25) is 0 Å². The van der Waals surface area contributed by atoms with Crippen LogP contribution in [0.4, 0.5) is 0 Å². The molecule has 0 saturated carbocycles. The van der Waals surface area contributed by atoms with Gasteiger partial charge in [0.15, 0.2) is 0 Å². The van der Waals surface area contributed by atoms with Crippen molar-refractivity contribution in [2.45, 2.75) is 45.4 Å². The van der Waals surface area contributed by atoms with Crippen molar-refractivity contribution in [3.05, 3.63) is 21.9 Å². The first kappa shape index (κ1) is 11.3. The molecule has 0 aliphatic carbocycles. The van der Waals surface area contributed by atoms with E-state index in [1.54, 1.807) is 0 Å². The van der Waals surface area contributed by atoms with Crippen molar-refractivity contribution in [1.82, 2.24) is 0 Å². The van der Waals surface area contributed by atoms with Gasteiger partial charge >= 0.3 is 0 Å². The Balaban J connectivity index is 2.72. The Labute approximate surface area is 91.4 Å². The fourth-order valence-electron chi connectivity index (χ4n) is 1.64. The van der Waals surface area contributed by atoms with Crippen LogP contribution >= 0.6 is 11.3 Å². The molecule has 0 saturated heterocycles. The zero-order valence-corrected chi connectivity index (χ0v) is 9.86. The summed E-state index contributed by atoms with van der Waals surface area (Å²) in [4.78, 5) is 2.94. The Bertz CT molecular complexity index is 303. The van der Waals surface area contributed by atoms with Crippen LogP contribution in [-0.4, -0.2) is 0 Å². The van der Waals surface area contributed by atoms with E-state index in [-0.39, 0.29) is 0 Å². The number of rotatable bonds is 5. The third-order valence-electron chi connectivity index (χ3n) is 2.43. The number of aryl methyl sites for hydroxylation is 1. The molecule has 0 aliphatic heterocycles. The van der Waals surface area contributed by atoms with Crippen LogP contribution in [0.5, 0.6) is 0 Å². The van der Waals surface area contributed by atoms with Gasteiger partial charge in [-0.05, 0) is 25.0 Å². The molecule has 1 atom stereocenters. The van der Waals surface area contributed by atoms with Crippen LogP contribution in [0, 0.1) is 12.3 Å². The lowest BCUT2D eigenvalue weighted by molar-refractivity contribution is 0.638. The fraction of sp³-hybridized carbons (Fsp3) is 0.538. The highest BCUT2D eigenvalue weighted by Gasteiger charge is 2.11. The third kappa shape index (κ3) is 2.89. The zero-order valence-electron chi connectivity index (χ0n) is 9.05. The molecule has 0 spiro atoms. The molecule has 0 nitrogen and oxygen atoms in total. The first-order valence-electron chi connectivity index (χ1n) is 5.33. The van der Waals surface area contributed by atoms with Crippen molar-refractivity contribution in [2.75, 3.05) is 0 Å². The first-order chi connectivity index (χ1) is 6.81. The van der Waals surface area contributed by atoms with Gasteiger partial charge in [-0.1, -0.05) is 20.3 Å². The van der Waals surface area contributed by atoms with Crippen LogP contribution < -0.4 is 0 Å². The molecule has 0 amide bonds. The van der Waals surface area contributed by atoms with Crippen molar-refractivity contribution in [1.29, 1.82) is 0 Å². The van der Waals surface area contributed by atoms with Crippen LogP contribution in [0.2, 0.25) is 0 Å². The van der Waals surface area contributed by atoms with Gasteiger partial charge in [-0.15, -0.1) is 23.7 Å². The molecular formula is C13H18S. The Hall–Kier alpha value is -0.740. The lowest BCUT2D eigenvalue weighted by atomic mass is 9.98.